The molecule has 1 aromatic heterocycles. The molecule has 1 aliphatic carbocycles. The Bertz CT molecular complexity index is 849. The third-order valence-corrected chi connectivity index (χ3v) is 4.37. The standard InChI is InChI=1S/C17H15ClF2N2O3/c1-8-14-11(3-2-4-12(14)23)22-15(8)16(24)21-9-5-6-13(10(18)7-9)25-17(19)20/h5-7,17,22H,2-4H2,1H3,(H,21,24). The van der Waals surface area contributed by atoms with Gasteiger partial charge in [-0.25, -0.2) is 0 Å². The fourth-order valence-electron chi connectivity index (χ4n) is 2.96. The summed E-state index contributed by atoms with van der Waals surface area (Å²) < 4.78 is 28.7. The number of ketones is 1. The van der Waals surface area contributed by atoms with Crippen molar-refractivity contribution in [2.45, 2.75) is 32.8 Å². The van der Waals surface area contributed by atoms with Gasteiger partial charge in [-0.1, -0.05) is 11.6 Å². The van der Waals surface area contributed by atoms with E-state index in [1.807, 2.05) is 0 Å². The summed E-state index contributed by atoms with van der Waals surface area (Å²) in [5, 5.41) is 2.59. The normalized spacial score (nSPS) is 13.7. The van der Waals surface area contributed by atoms with Crippen molar-refractivity contribution in [2.24, 2.45) is 0 Å². The lowest BCUT2D eigenvalue weighted by Gasteiger charge is -2.10. The van der Waals surface area contributed by atoms with Gasteiger partial charge < -0.3 is 15.0 Å². The number of aromatic amines is 1. The van der Waals surface area contributed by atoms with Gasteiger partial charge in [0.1, 0.15) is 11.4 Å². The highest BCUT2D eigenvalue weighted by atomic mass is 35.5. The number of rotatable bonds is 4. The van der Waals surface area contributed by atoms with E-state index in [4.69, 9.17) is 11.6 Å². The van der Waals surface area contributed by atoms with Crippen molar-refractivity contribution in [3.63, 3.8) is 0 Å². The van der Waals surface area contributed by atoms with E-state index in [0.717, 1.165) is 18.5 Å². The molecule has 5 nitrogen and oxygen atoms in total. The van der Waals surface area contributed by atoms with Gasteiger partial charge in [0.2, 0.25) is 0 Å². The van der Waals surface area contributed by atoms with Crippen molar-refractivity contribution in [3.8, 4) is 5.75 Å². The molecule has 0 atom stereocenters. The van der Waals surface area contributed by atoms with Crippen LogP contribution in [0, 0.1) is 6.92 Å². The van der Waals surface area contributed by atoms with Crippen molar-refractivity contribution in [1.82, 2.24) is 4.98 Å². The summed E-state index contributed by atoms with van der Waals surface area (Å²) in [4.78, 5) is 27.5. The van der Waals surface area contributed by atoms with Crippen LogP contribution in [0.1, 0.15) is 44.9 Å². The van der Waals surface area contributed by atoms with Crippen LogP contribution in [0.25, 0.3) is 0 Å². The number of aromatic nitrogens is 1. The van der Waals surface area contributed by atoms with Gasteiger partial charge in [0.25, 0.3) is 5.91 Å². The lowest BCUT2D eigenvalue weighted by Crippen LogP contribution is -2.14. The van der Waals surface area contributed by atoms with Crippen LogP contribution >= 0.6 is 11.6 Å². The molecule has 0 aliphatic heterocycles. The van der Waals surface area contributed by atoms with Gasteiger partial charge in [0, 0.05) is 23.4 Å². The van der Waals surface area contributed by atoms with E-state index in [0.29, 0.717) is 28.9 Å². The number of hydrogen-bond donors (Lipinski definition) is 2. The van der Waals surface area contributed by atoms with Crippen LogP contribution < -0.4 is 10.1 Å². The Kier molecular flexibility index (Phi) is 4.76. The van der Waals surface area contributed by atoms with Gasteiger partial charge in [-0.3, -0.25) is 9.59 Å². The molecule has 0 spiro atoms. The molecule has 0 radical (unpaired) electrons. The molecule has 0 bridgehead atoms. The number of carbonyl (C=O) groups is 2. The van der Waals surface area contributed by atoms with Gasteiger partial charge in [-0.15, -0.1) is 0 Å². The largest absolute Gasteiger partial charge is 0.433 e. The first-order valence-electron chi connectivity index (χ1n) is 7.67. The van der Waals surface area contributed by atoms with Crippen LogP contribution in [0.2, 0.25) is 5.02 Å². The number of alkyl halides is 2. The second kappa shape index (κ2) is 6.84. The molecule has 1 amide bonds. The molecule has 25 heavy (non-hydrogen) atoms. The summed E-state index contributed by atoms with van der Waals surface area (Å²) in [5.74, 6) is -0.573. The van der Waals surface area contributed by atoms with E-state index in [-0.39, 0.29) is 16.6 Å². The highest BCUT2D eigenvalue weighted by molar-refractivity contribution is 6.32. The Morgan fingerprint density at radius 1 is 1.36 bits per heavy atom. The molecule has 8 heteroatoms. The van der Waals surface area contributed by atoms with Crippen molar-refractivity contribution >= 4 is 29.0 Å². The third kappa shape index (κ3) is 3.51. The molecule has 0 fully saturated rings. The predicted molar refractivity (Wildman–Crippen MR) is 88.8 cm³/mol. The first-order valence-corrected chi connectivity index (χ1v) is 8.05. The summed E-state index contributed by atoms with van der Waals surface area (Å²) in [6.45, 7) is -1.26. The van der Waals surface area contributed by atoms with Crippen molar-refractivity contribution < 1.29 is 23.1 Å². The number of benzene rings is 1. The zero-order valence-electron chi connectivity index (χ0n) is 13.3. The molecule has 0 saturated heterocycles. The Labute approximate surface area is 147 Å². The fraction of sp³-hybridized carbons (Fsp3) is 0.294. The highest BCUT2D eigenvalue weighted by Gasteiger charge is 2.26. The van der Waals surface area contributed by atoms with E-state index in [9.17, 15) is 18.4 Å². The summed E-state index contributed by atoms with van der Waals surface area (Å²) in [5.41, 5.74) is 2.62. The van der Waals surface area contributed by atoms with Gasteiger partial charge in [0.05, 0.1) is 5.02 Å². The lowest BCUT2D eigenvalue weighted by atomic mass is 9.94. The highest BCUT2D eigenvalue weighted by Crippen LogP contribution is 2.30. The number of anilines is 1. The summed E-state index contributed by atoms with van der Waals surface area (Å²) in [6.07, 6.45) is 1.96. The molecule has 3 rings (SSSR count). The monoisotopic (exact) mass is 368 g/mol. The number of carbonyl (C=O) groups excluding carboxylic acids is 2. The average Bonchev–Trinajstić information content (AvgIpc) is 2.88. The Balaban J connectivity index is 1.81. The third-order valence-electron chi connectivity index (χ3n) is 4.07. The Morgan fingerprint density at radius 2 is 2.12 bits per heavy atom. The second-order valence-corrected chi connectivity index (χ2v) is 6.14. The number of amides is 1. The number of Topliss-reactive ketones (excluding diaryl/α,β-unsaturated/α-hetero) is 1. The zero-order valence-corrected chi connectivity index (χ0v) is 14.0. The molecule has 2 aromatic rings. The lowest BCUT2D eigenvalue weighted by molar-refractivity contribution is -0.0497. The van der Waals surface area contributed by atoms with Crippen LogP contribution in [0.15, 0.2) is 18.2 Å². The van der Waals surface area contributed by atoms with E-state index < -0.39 is 12.5 Å². The van der Waals surface area contributed by atoms with Crippen LogP contribution in [-0.4, -0.2) is 23.3 Å². The van der Waals surface area contributed by atoms with Gasteiger partial charge in [-0.05, 0) is 43.5 Å². The minimum Gasteiger partial charge on any atom is -0.433 e. The number of hydrogen-bond acceptors (Lipinski definition) is 3. The van der Waals surface area contributed by atoms with Crippen LogP contribution in [-0.2, 0) is 6.42 Å². The van der Waals surface area contributed by atoms with Crippen LogP contribution in [0.5, 0.6) is 5.75 Å². The van der Waals surface area contributed by atoms with Crippen molar-refractivity contribution in [2.75, 3.05) is 5.32 Å². The minimum absolute atomic E-state index is 0.0330. The van der Waals surface area contributed by atoms with Crippen molar-refractivity contribution in [3.05, 3.63) is 45.7 Å². The smallest absolute Gasteiger partial charge is 0.387 e. The summed E-state index contributed by atoms with van der Waals surface area (Å²) >= 11 is 5.87. The van der Waals surface area contributed by atoms with E-state index in [1.54, 1.807) is 6.92 Å². The fourth-order valence-corrected chi connectivity index (χ4v) is 3.19. The number of halogens is 3. The second-order valence-electron chi connectivity index (χ2n) is 5.73. The Morgan fingerprint density at radius 3 is 2.76 bits per heavy atom. The Hall–Kier alpha value is -2.41. The van der Waals surface area contributed by atoms with E-state index >= 15 is 0 Å². The SMILES string of the molecule is Cc1c(C(=O)Nc2ccc(OC(F)F)c(Cl)c2)[nH]c2c1C(=O)CCC2. The van der Waals surface area contributed by atoms with Gasteiger partial charge >= 0.3 is 6.61 Å². The maximum Gasteiger partial charge on any atom is 0.387 e. The molecular weight excluding hydrogens is 354 g/mol. The van der Waals surface area contributed by atoms with Crippen LogP contribution in [0.4, 0.5) is 14.5 Å². The average molecular weight is 369 g/mol. The molecule has 132 valence electrons. The van der Waals surface area contributed by atoms with Crippen LogP contribution in [0.3, 0.4) is 0 Å². The number of aryl methyl sites for hydroxylation is 1. The van der Waals surface area contributed by atoms with Crippen molar-refractivity contribution in [1.29, 1.82) is 0 Å². The molecule has 1 heterocycles. The topological polar surface area (TPSA) is 71.2 Å². The molecular formula is C17H15ClF2N2O3. The minimum atomic E-state index is -2.98. The number of H-pyrrole nitrogens is 1. The molecule has 2 N–H and O–H groups in total. The predicted octanol–water partition coefficient (Wildman–Crippen LogP) is 4.35. The molecule has 0 unspecified atom stereocenters. The van der Waals surface area contributed by atoms with Gasteiger partial charge in [0.15, 0.2) is 5.78 Å². The quantitative estimate of drug-likeness (QED) is 0.842. The van der Waals surface area contributed by atoms with Gasteiger partial charge in [-0.2, -0.15) is 8.78 Å². The summed E-state index contributed by atoms with van der Waals surface area (Å²) in [6, 6.07) is 3.98. The zero-order chi connectivity index (χ0) is 18.1. The first kappa shape index (κ1) is 17.4. The molecule has 1 aliphatic rings. The van der Waals surface area contributed by atoms with E-state index in [2.05, 4.69) is 15.0 Å². The maximum absolute atomic E-state index is 12.5. The molecule has 1 aromatic carbocycles. The number of nitrogens with one attached hydrogen (secondary N) is 2. The number of fused-ring (bicyclic) bond motifs is 1. The number of ether oxygens (including phenoxy) is 1. The summed E-state index contributed by atoms with van der Waals surface area (Å²) in [7, 11) is 0. The maximum atomic E-state index is 12.5. The molecule has 0 saturated carbocycles. The van der Waals surface area contributed by atoms with E-state index in [1.165, 1.54) is 18.2 Å². The first-order chi connectivity index (χ1) is 11.9.